The summed E-state index contributed by atoms with van der Waals surface area (Å²) in [6.07, 6.45) is 7.36. The molecule has 5 rings (SSSR count). The number of amides is 2. The van der Waals surface area contributed by atoms with Gasteiger partial charge in [-0.05, 0) is 44.9 Å². The third kappa shape index (κ3) is 3.64. The van der Waals surface area contributed by atoms with Crippen LogP contribution in [0, 0.1) is 12.8 Å². The van der Waals surface area contributed by atoms with Crippen LogP contribution in [0.2, 0.25) is 0 Å². The van der Waals surface area contributed by atoms with Crippen molar-refractivity contribution in [2.75, 3.05) is 37.6 Å². The monoisotopic (exact) mass is 371 g/mol. The molecule has 2 atom stereocenters. The third-order valence-corrected chi connectivity index (χ3v) is 6.26. The average molecular weight is 371 g/mol. The van der Waals surface area contributed by atoms with Crippen molar-refractivity contribution >= 4 is 17.8 Å². The molecule has 0 aromatic carbocycles. The van der Waals surface area contributed by atoms with Crippen LogP contribution in [-0.2, 0) is 4.79 Å². The Morgan fingerprint density at radius 2 is 1.85 bits per heavy atom. The molecule has 5 heterocycles. The summed E-state index contributed by atoms with van der Waals surface area (Å²) in [7, 11) is 0. The SMILES string of the molecule is CC(=O)N1C[C@@H]2CC[C@H](C1)N(C(=O)c1cnc(N3CCCCC3)nc1C)C2. The van der Waals surface area contributed by atoms with Crippen LogP contribution in [0.15, 0.2) is 6.20 Å². The van der Waals surface area contributed by atoms with E-state index < -0.39 is 0 Å². The van der Waals surface area contributed by atoms with Crippen molar-refractivity contribution < 1.29 is 9.59 Å². The summed E-state index contributed by atoms with van der Waals surface area (Å²) in [5.74, 6) is 1.22. The van der Waals surface area contributed by atoms with Crippen LogP contribution in [0.1, 0.15) is 55.1 Å². The van der Waals surface area contributed by atoms with Gasteiger partial charge in [0.2, 0.25) is 11.9 Å². The fourth-order valence-electron chi connectivity index (χ4n) is 4.65. The molecule has 0 N–H and O–H groups in total. The average Bonchev–Trinajstić information content (AvgIpc) is 3.00. The Bertz CT molecular complexity index is 731. The van der Waals surface area contributed by atoms with Crippen molar-refractivity contribution in [3.05, 3.63) is 17.5 Å². The van der Waals surface area contributed by atoms with E-state index in [-0.39, 0.29) is 17.9 Å². The van der Waals surface area contributed by atoms with Crippen molar-refractivity contribution in [2.45, 2.75) is 52.0 Å². The van der Waals surface area contributed by atoms with Crippen molar-refractivity contribution in [2.24, 2.45) is 5.92 Å². The predicted octanol–water partition coefficient (Wildman–Crippen LogP) is 1.86. The first-order chi connectivity index (χ1) is 13.0. The van der Waals surface area contributed by atoms with Gasteiger partial charge in [-0.2, -0.15) is 0 Å². The maximum Gasteiger partial charge on any atom is 0.257 e. The summed E-state index contributed by atoms with van der Waals surface area (Å²) in [6, 6.07) is 0.0984. The van der Waals surface area contributed by atoms with Gasteiger partial charge in [0.05, 0.1) is 11.3 Å². The Balaban J connectivity index is 1.53. The second-order valence-electron chi connectivity index (χ2n) is 8.20. The number of fused-ring (bicyclic) bond motifs is 4. The Morgan fingerprint density at radius 3 is 2.56 bits per heavy atom. The maximum absolute atomic E-state index is 13.3. The van der Waals surface area contributed by atoms with Crippen molar-refractivity contribution in [1.82, 2.24) is 19.8 Å². The second-order valence-corrected chi connectivity index (χ2v) is 8.20. The lowest BCUT2D eigenvalue weighted by Crippen LogP contribution is -2.48. The number of nitrogens with zero attached hydrogens (tertiary/aromatic N) is 5. The van der Waals surface area contributed by atoms with Crippen LogP contribution in [-0.4, -0.2) is 70.3 Å². The molecule has 4 aliphatic rings. The van der Waals surface area contributed by atoms with Gasteiger partial charge in [-0.15, -0.1) is 0 Å². The molecule has 1 aromatic rings. The topological polar surface area (TPSA) is 69.6 Å². The van der Waals surface area contributed by atoms with E-state index in [0.29, 0.717) is 18.0 Å². The van der Waals surface area contributed by atoms with Crippen molar-refractivity contribution in [3.63, 3.8) is 0 Å². The van der Waals surface area contributed by atoms with Gasteiger partial charge in [0.15, 0.2) is 0 Å². The molecule has 0 radical (unpaired) electrons. The Kier molecular flexibility index (Phi) is 5.02. The van der Waals surface area contributed by atoms with Gasteiger partial charge in [-0.25, -0.2) is 9.97 Å². The van der Waals surface area contributed by atoms with E-state index in [4.69, 9.17) is 0 Å². The first-order valence-electron chi connectivity index (χ1n) is 10.2. The molecular weight excluding hydrogens is 342 g/mol. The highest BCUT2D eigenvalue weighted by Gasteiger charge is 2.38. The highest BCUT2D eigenvalue weighted by Crippen LogP contribution is 2.29. The minimum atomic E-state index is 0.0118. The molecule has 7 heteroatoms. The normalized spacial score (nSPS) is 25.5. The lowest BCUT2D eigenvalue weighted by Gasteiger charge is -2.36. The van der Waals surface area contributed by atoms with Crippen molar-refractivity contribution in [1.29, 1.82) is 0 Å². The summed E-state index contributed by atoms with van der Waals surface area (Å²) >= 11 is 0. The number of hydrogen-bond donors (Lipinski definition) is 0. The molecule has 0 unspecified atom stereocenters. The molecule has 2 bridgehead atoms. The summed E-state index contributed by atoms with van der Waals surface area (Å²) in [6.45, 7) is 7.63. The van der Waals surface area contributed by atoms with Crippen LogP contribution in [0.4, 0.5) is 5.95 Å². The second kappa shape index (κ2) is 7.44. The van der Waals surface area contributed by atoms with Gasteiger partial charge in [-0.1, -0.05) is 0 Å². The van der Waals surface area contributed by atoms with Gasteiger partial charge in [0.1, 0.15) is 0 Å². The lowest BCUT2D eigenvalue weighted by atomic mass is 9.94. The molecule has 0 spiro atoms. The first-order valence-corrected chi connectivity index (χ1v) is 10.2. The van der Waals surface area contributed by atoms with Crippen LogP contribution in [0.5, 0.6) is 0 Å². The quantitative estimate of drug-likeness (QED) is 0.794. The van der Waals surface area contributed by atoms with Crippen molar-refractivity contribution in [3.8, 4) is 0 Å². The minimum absolute atomic E-state index is 0.0118. The fourth-order valence-corrected chi connectivity index (χ4v) is 4.65. The van der Waals surface area contributed by atoms with Crippen LogP contribution < -0.4 is 4.90 Å². The molecule has 1 aromatic heterocycles. The number of hydrogen-bond acceptors (Lipinski definition) is 5. The van der Waals surface area contributed by atoms with Gasteiger partial charge < -0.3 is 14.7 Å². The van der Waals surface area contributed by atoms with Crippen LogP contribution in [0.25, 0.3) is 0 Å². The van der Waals surface area contributed by atoms with E-state index >= 15 is 0 Å². The first kappa shape index (κ1) is 18.2. The minimum Gasteiger partial charge on any atom is -0.341 e. The molecule has 4 saturated heterocycles. The van der Waals surface area contributed by atoms with E-state index in [9.17, 15) is 9.59 Å². The highest BCUT2D eigenvalue weighted by atomic mass is 16.2. The molecule has 2 amide bonds. The molecule has 27 heavy (non-hydrogen) atoms. The molecule has 4 aliphatic heterocycles. The summed E-state index contributed by atoms with van der Waals surface area (Å²) in [5, 5.41) is 0. The third-order valence-electron chi connectivity index (χ3n) is 6.26. The molecule has 146 valence electrons. The predicted molar refractivity (Wildman–Crippen MR) is 103 cm³/mol. The largest absolute Gasteiger partial charge is 0.341 e. The number of anilines is 1. The van der Waals surface area contributed by atoms with E-state index in [2.05, 4.69) is 14.9 Å². The zero-order valence-corrected chi connectivity index (χ0v) is 16.4. The fraction of sp³-hybridized carbons (Fsp3) is 0.700. The highest BCUT2D eigenvalue weighted by molar-refractivity contribution is 5.95. The summed E-state index contributed by atoms with van der Waals surface area (Å²) < 4.78 is 0. The Hall–Kier alpha value is -2.18. The summed E-state index contributed by atoms with van der Waals surface area (Å²) in [5.41, 5.74) is 1.34. The van der Waals surface area contributed by atoms with Gasteiger partial charge in [0.25, 0.3) is 5.91 Å². The smallest absolute Gasteiger partial charge is 0.257 e. The molecular formula is C20H29N5O2. The Labute approximate surface area is 160 Å². The molecule has 4 fully saturated rings. The number of piperidine rings is 2. The van der Waals surface area contributed by atoms with E-state index in [0.717, 1.165) is 50.7 Å². The van der Waals surface area contributed by atoms with E-state index in [1.165, 1.54) is 19.3 Å². The van der Waals surface area contributed by atoms with E-state index in [1.54, 1.807) is 13.1 Å². The zero-order chi connectivity index (χ0) is 19.0. The molecule has 7 nitrogen and oxygen atoms in total. The standard InChI is InChI=1S/C20H29N5O2/c1-14-18(10-21-20(22-14)23-8-4-3-5-9-23)19(27)25-12-16-6-7-17(25)13-24(11-16)15(2)26/h10,16-17H,3-9,11-13H2,1-2H3/t16-,17+/m0/s1. The Morgan fingerprint density at radius 1 is 1.07 bits per heavy atom. The van der Waals surface area contributed by atoms with E-state index in [1.807, 2.05) is 16.7 Å². The van der Waals surface area contributed by atoms with Gasteiger partial charge in [0, 0.05) is 51.9 Å². The van der Waals surface area contributed by atoms with Crippen LogP contribution >= 0.6 is 0 Å². The molecule has 0 aliphatic carbocycles. The lowest BCUT2D eigenvalue weighted by molar-refractivity contribution is -0.129. The summed E-state index contributed by atoms with van der Waals surface area (Å²) in [4.78, 5) is 40.3. The van der Waals surface area contributed by atoms with Crippen LogP contribution in [0.3, 0.4) is 0 Å². The van der Waals surface area contributed by atoms with Gasteiger partial charge >= 0.3 is 0 Å². The number of carbonyl (C=O) groups is 2. The molecule has 0 saturated carbocycles. The maximum atomic E-state index is 13.3. The van der Waals surface area contributed by atoms with Gasteiger partial charge in [-0.3, -0.25) is 9.59 Å². The number of rotatable bonds is 2. The number of aryl methyl sites for hydroxylation is 1. The number of aromatic nitrogens is 2. The zero-order valence-electron chi connectivity index (χ0n) is 16.4. The number of carbonyl (C=O) groups excluding carboxylic acids is 2.